The van der Waals surface area contributed by atoms with Gasteiger partial charge in [0, 0.05) is 18.1 Å². The van der Waals surface area contributed by atoms with Gasteiger partial charge in [-0.2, -0.15) is 0 Å². The van der Waals surface area contributed by atoms with Crippen LogP contribution in [-0.4, -0.2) is 37.9 Å². The van der Waals surface area contributed by atoms with Crippen LogP contribution in [0.15, 0.2) is 24.3 Å². The van der Waals surface area contributed by atoms with Gasteiger partial charge in [-0.05, 0) is 30.7 Å². The van der Waals surface area contributed by atoms with Gasteiger partial charge in [0.05, 0.1) is 12.7 Å². The molecule has 0 aliphatic heterocycles. The summed E-state index contributed by atoms with van der Waals surface area (Å²) in [6, 6.07) is 7.54. The zero-order chi connectivity index (χ0) is 15.0. The van der Waals surface area contributed by atoms with Gasteiger partial charge in [0.2, 0.25) is 0 Å². The lowest BCUT2D eigenvalue weighted by atomic mass is 9.97. The van der Waals surface area contributed by atoms with E-state index in [2.05, 4.69) is 17.6 Å². The maximum absolute atomic E-state index is 10.4. The topological polar surface area (TPSA) is 70.6 Å². The SMILES string of the molecule is CNC[C@@H](C)[C@@H](OCCNC(=O)O)c1cccc(Cl)c1. The van der Waals surface area contributed by atoms with Gasteiger partial charge in [0.15, 0.2) is 0 Å². The van der Waals surface area contributed by atoms with Crippen LogP contribution < -0.4 is 10.6 Å². The monoisotopic (exact) mass is 300 g/mol. The molecule has 0 saturated heterocycles. The van der Waals surface area contributed by atoms with Crippen molar-refractivity contribution in [3.63, 3.8) is 0 Å². The Morgan fingerprint density at radius 1 is 1.50 bits per heavy atom. The quantitative estimate of drug-likeness (QED) is 0.645. The Morgan fingerprint density at radius 2 is 2.25 bits per heavy atom. The zero-order valence-electron chi connectivity index (χ0n) is 11.7. The first-order chi connectivity index (χ1) is 9.54. The van der Waals surface area contributed by atoms with Crippen LogP contribution >= 0.6 is 11.6 Å². The van der Waals surface area contributed by atoms with E-state index in [9.17, 15) is 4.79 Å². The maximum Gasteiger partial charge on any atom is 0.404 e. The number of benzene rings is 1. The molecule has 0 aliphatic rings. The van der Waals surface area contributed by atoms with E-state index in [1.54, 1.807) is 0 Å². The molecule has 0 saturated carbocycles. The molecule has 1 aromatic carbocycles. The third-order valence-electron chi connectivity index (χ3n) is 2.90. The van der Waals surface area contributed by atoms with E-state index in [0.29, 0.717) is 11.6 Å². The molecule has 0 aromatic heterocycles. The third-order valence-corrected chi connectivity index (χ3v) is 3.13. The molecule has 1 rings (SSSR count). The maximum atomic E-state index is 10.4. The molecular weight excluding hydrogens is 280 g/mol. The van der Waals surface area contributed by atoms with Crippen LogP contribution in [0.2, 0.25) is 5.02 Å². The van der Waals surface area contributed by atoms with Crippen LogP contribution in [0.4, 0.5) is 4.79 Å². The molecule has 112 valence electrons. The molecule has 2 atom stereocenters. The van der Waals surface area contributed by atoms with Gasteiger partial charge in [0.25, 0.3) is 0 Å². The number of nitrogens with one attached hydrogen (secondary N) is 2. The van der Waals surface area contributed by atoms with E-state index in [1.807, 2.05) is 31.3 Å². The summed E-state index contributed by atoms with van der Waals surface area (Å²) in [5, 5.41) is 14.6. The molecule has 1 amide bonds. The predicted octanol–water partition coefficient (Wildman–Crippen LogP) is 2.52. The van der Waals surface area contributed by atoms with Crippen molar-refractivity contribution >= 4 is 17.7 Å². The van der Waals surface area contributed by atoms with Crippen LogP contribution in [0.25, 0.3) is 0 Å². The fourth-order valence-corrected chi connectivity index (χ4v) is 2.24. The minimum absolute atomic E-state index is 0.128. The number of amides is 1. The summed E-state index contributed by atoms with van der Waals surface area (Å²) in [5.74, 6) is 0.239. The second-order valence-electron chi connectivity index (χ2n) is 4.61. The summed E-state index contributed by atoms with van der Waals surface area (Å²) in [7, 11) is 1.89. The van der Waals surface area contributed by atoms with Crippen molar-refractivity contribution < 1.29 is 14.6 Å². The first kappa shape index (κ1) is 16.8. The van der Waals surface area contributed by atoms with Crippen LogP contribution in [0.1, 0.15) is 18.6 Å². The Kier molecular flexibility index (Phi) is 7.36. The normalized spacial score (nSPS) is 13.8. The summed E-state index contributed by atoms with van der Waals surface area (Å²) in [6.07, 6.45) is -1.17. The van der Waals surface area contributed by atoms with Crippen LogP contribution in [0.3, 0.4) is 0 Å². The van der Waals surface area contributed by atoms with Gasteiger partial charge in [-0.1, -0.05) is 30.7 Å². The molecule has 1 aromatic rings. The Labute approximate surface area is 124 Å². The van der Waals surface area contributed by atoms with Crippen molar-refractivity contribution in [1.29, 1.82) is 0 Å². The van der Waals surface area contributed by atoms with Gasteiger partial charge in [-0.3, -0.25) is 0 Å². The molecule has 0 heterocycles. The molecule has 0 bridgehead atoms. The van der Waals surface area contributed by atoms with Crippen molar-refractivity contribution in [2.24, 2.45) is 5.92 Å². The Morgan fingerprint density at radius 3 is 2.85 bits per heavy atom. The summed E-state index contributed by atoms with van der Waals surface area (Å²) < 4.78 is 5.82. The Hall–Kier alpha value is -1.30. The number of carbonyl (C=O) groups is 1. The van der Waals surface area contributed by atoms with Gasteiger partial charge in [-0.15, -0.1) is 0 Å². The molecule has 3 N–H and O–H groups in total. The second kappa shape index (κ2) is 8.79. The molecule has 20 heavy (non-hydrogen) atoms. The molecule has 5 nitrogen and oxygen atoms in total. The molecule has 0 radical (unpaired) electrons. The number of hydrogen-bond donors (Lipinski definition) is 3. The van der Waals surface area contributed by atoms with E-state index in [4.69, 9.17) is 21.4 Å². The summed E-state index contributed by atoms with van der Waals surface area (Å²) in [6.45, 7) is 3.45. The summed E-state index contributed by atoms with van der Waals surface area (Å²) in [5.41, 5.74) is 0.996. The fourth-order valence-electron chi connectivity index (χ4n) is 2.05. The molecule has 0 spiro atoms. The lowest BCUT2D eigenvalue weighted by Crippen LogP contribution is -2.29. The highest BCUT2D eigenvalue weighted by atomic mass is 35.5. The molecule has 0 fully saturated rings. The highest BCUT2D eigenvalue weighted by Gasteiger charge is 2.19. The standard InChI is InChI=1S/C14H21ClN2O3/c1-10(9-16-2)13(20-7-6-17-14(18)19)11-4-3-5-12(15)8-11/h3-5,8,10,13,16-17H,6-7,9H2,1-2H3,(H,18,19)/t10-,13-/m1/s1. The number of rotatable bonds is 8. The second-order valence-corrected chi connectivity index (χ2v) is 5.05. The van der Waals surface area contributed by atoms with Gasteiger partial charge >= 0.3 is 6.09 Å². The lowest BCUT2D eigenvalue weighted by molar-refractivity contribution is 0.0185. The number of halogens is 1. The fraction of sp³-hybridized carbons (Fsp3) is 0.500. The van der Waals surface area contributed by atoms with Crippen LogP contribution in [-0.2, 0) is 4.74 Å². The van der Waals surface area contributed by atoms with Crippen molar-refractivity contribution in [2.45, 2.75) is 13.0 Å². The van der Waals surface area contributed by atoms with E-state index in [0.717, 1.165) is 12.1 Å². The van der Waals surface area contributed by atoms with E-state index in [-0.39, 0.29) is 18.6 Å². The van der Waals surface area contributed by atoms with Gasteiger partial charge in [0.1, 0.15) is 0 Å². The van der Waals surface area contributed by atoms with Gasteiger partial charge in [-0.25, -0.2) is 4.79 Å². The van der Waals surface area contributed by atoms with Crippen LogP contribution in [0.5, 0.6) is 0 Å². The zero-order valence-corrected chi connectivity index (χ0v) is 12.5. The van der Waals surface area contributed by atoms with Crippen molar-refractivity contribution in [3.05, 3.63) is 34.9 Å². The highest BCUT2D eigenvalue weighted by molar-refractivity contribution is 6.30. The molecule has 0 unspecified atom stereocenters. The average Bonchev–Trinajstić information content (AvgIpc) is 2.38. The van der Waals surface area contributed by atoms with E-state index < -0.39 is 6.09 Å². The average molecular weight is 301 g/mol. The summed E-state index contributed by atoms with van der Waals surface area (Å²) >= 11 is 6.01. The molecular formula is C14H21ClN2O3. The molecule has 0 aliphatic carbocycles. The molecule has 6 heteroatoms. The number of carboxylic acid groups (broad SMARTS) is 1. The van der Waals surface area contributed by atoms with Crippen molar-refractivity contribution in [2.75, 3.05) is 26.7 Å². The first-order valence-corrected chi connectivity index (χ1v) is 6.91. The van der Waals surface area contributed by atoms with Gasteiger partial charge < -0.3 is 20.5 Å². The number of ether oxygens (including phenoxy) is 1. The first-order valence-electron chi connectivity index (χ1n) is 6.53. The Bertz CT molecular complexity index is 429. The lowest BCUT2D eigenvalue weighted by Gasteiger charge is -2.25. The Balaban J connectivity index is 2.67. The van der Waals surface area contributed by atoms with E-state index >= 15 is 0 Å². The van der Waals surface area contributed by atoms with E-state index in [1.165, 1.54) is 0 Å². The van der Waals surface area contributed by atoms with Crippen molar-refractivity contribution in [1.82, 2.24) is 10.6 Å². The smallest absolute Gasteiger partial charge is 0.404 e. The highest BCUT2D eigenvalue weighted by Crippen LogP contribution is 2.27. The third kappa shape index (κ3) is 5.77. The van der Waals surface area contributed by atoms with Crippen LogP contribution in [0, 0.1) is 5.92 Å². The minimum atomic E-state index is -1.05. The predicted molar refractivity (Wildman–Crippen MR) is 79.3 cm³/mol. The van der Waals surface area contributed by atoms with Crippen molar-refractivity contribution in [3.8, 4) is 0 Å². The minimum Gasteiger partial charge on any atom is -0.465 e. The number of hydrogen-bond acceptors (Lipinski definition) is 3. The largest absolute Gasteiger partial charge is 0.465 e. The summed E-state index contributed by atoms with van der Waals surface area (Å²) in [4.78, 5) is 10.4.